The number of para-hydroxylation sites is 1. The van der Waals surface area contributed by atoms with E-state index in [0.717, 1.165) is 24.6 Å². The third kappa shape index (κ3) is 1.79. The molecular weight excluding hydrogens is 212 g/mol. The van der Waals surface area contributed by atoms with E-state index in [9.17, 15) is 0 Å². The average Bonchev–Trinajstić information content (AvgIpc) is 2.85. The Kier molecular flexibility index (Phi) is 2.35. The number of hydrogen-bond acceptors (Lipinski definition) is 3. The first-order valence-electron chi connectivity index (χ1n) is 5.93. The van der Waals surface area contributed by atoms with Crippen LogP contribution in [0.1, 0.15) is 23.1 Å². The molecule has 1 aliphatic heterocycles. The maximum Gasteiger partial charge on any atom is 0.147 e. The molecule has 0 amide bonds. The van der Waals surface area contributed by atoms with E-state index in [-0.39, 0.29) is 0 Å². The van der Waals surface area contributed by atoms with Crippen LogP contribution in [0.15, 0.2) is 24.3 Å². The zero-order valence-electron chi connectivity index (χ0n) is 10.1. The molecule has 4 nitrogen and oxygen atoms in total. The van der Waals surface area contributed by atoms with Gasteiger partial charge >= 0.3 is 0 Å². The van der Waals surface area contributed by atoms with Crippen molar-refractivity contribution in [3.05, 3.63) is 41.5 Å². The lowest BCUT2D eigenvalue weighted by molar-refractivity contribution is 0.642. The summed E-state index contributed by atoms with van der Waals surface area (Å²) >= 11 is 0. The quantitative estimate of drug-likeness (QED) is 0.853. The molecule has 1 aromatic heterocycles. The maximum absolute atomic E-state index is 4.47. The molecule has 4 heteroatoms. The number of nitrogens with one attached hydrogen (secondary N) is 1. The summed E-state index contributed by atoms with van der Waals surface area (Å²) < 4.78 is 1.89. The molecule has 2 aromatic rings. The molecule has 1 unspecified atom stereocenters. The van der Waals surface area contributed by atoms with Gasteiger partial charge in [0, 0.05) is 31.6 Å². The largest absolute Gasteiger partial charge is 0.384 e. The van der Waals surface area contributed by atoms with Crippen LogP contribution >= 0.6 is 0 Å². The second-order valence-electron chi connectivity index (χ2n) is 4.57. The number of aromatic nitrogens is 3. The maximum atomic E-state index is 4.47. The lowest BCUT2D eigenvalue weighted by atomic mass is 9.98. The van der Waals surface area contributed by atoms with Crippen LogP contribution in [0.25, 0.3) is 0 Å². The molecule has 1 atom stereocenters. The van der Waals surface area contributed by atoms with Crippen LogP contribution in [0.4, 0.5) is 5.69 Å². The molecule has 17 heavy (non-hydrogen) atoms. The summed E-state index contributed by atoms with van der Waals surface area (Å²) in [6.45, 7) is 2.93. The zero-order chi connectivity index (χ0) is 11.8. The fourth-order valence-corrected chi connectivity index (χ4v) is 2.49. The van der Waals surface area contributed by atoms with E-state index in [0.29, 0.717) is 5.92 Å². The highest BCUT2D eigenvalue weighted by Gasteiger charge is 2.23. The lowest BCUT2D eigenvalue weighted by Gasteiger charge is -2.08. The molecule has 0 spiro atoms. The van der Waals surface area contributed by atoms with Crippen LogP contribution in [-0.2, 0) is 13.5 Å². The Morgan fingerprint density at radius 3 is 3.00 bits per heavy atom. The smallest absolute Gasteiger partial charge is 0.147 e. The number of benzene rings is 1. The van der Waals surface area contributed by atoms with E-state index in [2.05, 4.69) is 39.7 Å². The summed E-state index contributed by atoms with van der Waals surface area (Å²) in [5, 5.41) is 7.73. The van der Waals surface area contributed by atoms with Gasteiger partial charge in [0.05, 0.1) is 0 Å². The number of fused-ring (bicyclic) bond motifs is 1. The lowest BCUT2D eigenvalue weighted by Crippen LogP contribution is -2.09. The minimum Gasteiger partial charge on any atom is -0.384 e. The van der Waals surface area contributed by atoms with Crippen molar-refractivity contribution < 1.29 is 0 Å². The summed E-state index contributed by atoms with van der Waals surface area (Å²) in [4.78, 5) is 4.47. The van der Waals surface area contributed by atoms with E-state index >= 15 is 0 Å². The van der Waals surface area contributed by atoms with Crippen molar-refractivity contribution in [3.63, 3.8) is 0 Å². The van der Waals surface area contributed by atoms with Gasteiger partial charge in [-0.25, -0.2) is 4.98 Å². The topological polar surface area (TPSA) is 42.7 Å². The van der Waals surface area contributed by atoms with Crippen LogP contribution in [0.5, 0.6) is 0 Å². The SMILES string of the molecule is Cc1nc(CC2CNc3ccccc32)n(C)n1. The van der Waals surface area contributed by atoms with Gasteiger partial charge in [-0.15, -0.1) is 0 Å². The molecular formula is C13H16N4. The Balaban J connectivity index is 1.86. The van der Waals surface area contributed by atoms with Gasteiger partial charge in [0.2, 0.25) is 0 Å². The standard InChI is InChI=1S/C13H16N4/c1-9-15-13(17(2)16-9)7-10-8-14-12-6-4-3-5-11(10)12/h3-6,10,14H,7-8H2,1-2H3. The van der Waals surface area contributed by atoms with E-state index in [4.69, 9.17) is 0 Å². The molecule has 0 radical (unpaired) electrons. The van der Waals surface area contributed by atoms with Crippen molar-refractivity contribution >= 4 is 5.69 Å². The van der Waals surface area contributed by atoms with Crippen LogP contribution in [0.3, 0.4) is 0 Å². The summed E-state index contributed by atoms with van der Waals surface area (Å²) in [6.07, 6.45) is 0.946. The molecule has 0 saturated carbocycles. The Morgan fingerprint density at radius 1 is 1.41 bits per heavy atom. The summed E-state index contributed by atoms with van der Waals surface area (Å²) in [7, 11) is 1.96. The van der Waals surface area contributed by atoms with Crippen molar-refractivity contribution in [2.24, 2.45) is 7.05 Å². The number of anilines is 1. The van der Waals surface area contributed by atoms with Crippen molar-refractivity contribution in [2.75, 3.05) is 11.9 Å². The van der Waals surface area contributed by atoms with E-state index < -0.39 is 0 Å². The van der Waals surface area contributed by atoms with E-state index in [1.54, 1.807) is 0 Å². The monoisotopic (exact) mass is 228 g/mol. The number of hydrogen-bond donors (Lipinski definition) is 1. The Bertz CT molecular complexity index is 544. The highest BCUT2D eigenvalue weighted by Crippen LogP contribution is 2.32. The van der Waals surface area contributed by atoms with Gasteiger partial charge in [0.1, 0.15) is 11.6 Å². The average molecular weight is 228 g/mol. The first-order valence-corrected chi connectivity index (χ1v) is 5.93. The molecule has 2 heterocycles. The summed E-state index contributed by atoms with van der Waals surface area (Å²) in [5.41, 5.74) is 2.66. The van der Waals surface area contributed by atoms with Gasteiger partial charge in [0.25, 0.3) is 0 Å². The highest BCUT2D eigenvalue weighted by atomic mass is 15.3. The summed E-state index contributed by atoms with van der Waals surface area (Å²) in [5.74, 6) is 2.42. The highest BCUT2D eigenvalue weighted by molar-refractivity contribution is 5.57. The second kappa shape index (κ2) is 3.87. The normalized spacial score (nSPS) is 17.9. The predicted molar refractivity (Wildman–Crippen MR) is 67.1 cm³/mol. The fourth-order valence-electron chi connectivity index (χ4n) is 2.49. The van der Waals surface area contributed by atoms with Gasteiger partial charge in [-0.2, -0.15) is 5.10 Å². The molecule has 1 aliphatic rings. The molecule has 88 valence electrons. The molecule has 3 rings (SSSR count). The predicted octanol–water partition coefficient (Wildman–Crippen LogP) is 1.88. The van der Waals surface area contributed by atoms with E-state index in [1.165, 1.54) is 11.3 Å². The zero-order valence-corrected chi connectivity index (χ0v) is 10.1. The molecule has 0 aliphatic carbocycles. The Morgan fingerprint density at radius 2 is 2.24 bits per heavy atom. The van der Waals surface area contributed by atoms with Crippen molar-refractivity contribution in [1.29, 1.82) is 0 Å². The van der Waals surface area contributed by atoms with Gasteiger partial charge in [-0.3, -0.25) is 4.68 Å². The van der Waals surface area contributed by atoms with Gasteiger partial charge in [-0.1, -0.05) is 18.2 Å². The van der Waals surface area contributed by atoms with Crippen LogP contribution < -0.4 is 5.32 Å². The summed E-state index contributed by atoms with van der Waals surface area (Å²) in [6, 6.07) is 8.50. The van der Waals surface area contributed by atoms with Gasteiger partial charge < -0.3 is 5.32 Å². The Hall–Kier alpha value is -1.84. The van der Waals surface area contributed by atoms with Crippen LogP contribution in [0.2, 0.25) is 0 Å². The molecule has 0 saturated heterocycles. The van der Waals surface area contributed by atoms with Crippen molar-refractivity contribution in [2.45, 2.75) is 19.3 Å². The minimum absolute atomic E-state index is 0.508. The number of nitrogens with zero attached hydrogens (tertiary/aromatic N) is 3. The van der Waals surface area contributed by atoms with Crippen molar-refractivity contribution in [1.82, 2.24) is 14.8 Å². The molecule has 0 fully saturated rings. The second-order valence-corrected chi connectivity index (χ2v) is 4.57. The third-order valence-corrected chi connectivity index (χ3v) is 3.33. The van der Waals surface area contributed by atoms with Crippen LogP contribution in [-0.4, -0.2) is 21.3 Å². The molecule has 0 bridgehead atoms. The van der Waals surface area contributed by atoms with Crippen LogP contribution in [0, 0.1) is 6.92 Å². The van der Waals surface area contributed by atoms with Gasteiger partial charge in [-0.05, 0) is 18.6 Å². The fraction of sp³-hybridized carbons (Fsp3) is 0.385. The van der Waals surface area contributed by atoms with E-state index in [1.807, 2.05) is 18.7 Å². The van der Waals surface area contributed by atoms with Crippen molar-refractivity contribution in [3.8, 4) is 0 Å². The number of rotatable bonds is 2. The first-order chi connectivity index (χ1) is 8.24. The Labute approximate surface area is 101 Å². The van der Waals surface area contributed by atoms with Gasteiger partial charge in [0.15, 0.2) is 0 Å². The molecule has 1 aromatic carbocycles. The number of aryl methyl sites for hydroxylation is 2. The molecule has 1 N–H and O–H groups in total. The third-order valence-electron chi connectivity index (χ3n) is 3.33. The first kappa shape index (κ1) is 10.3. The minimum atomic E-state index is 0.508.